The second-order valence-corrected chi connectivity index (χ2v) is 5.62. The Morgan fingerprint density at radius 2 is 1.89 bits per heavy atom. The van der Waals surface area contributed by atoms with Crippen molar-refractivity contribution >= 4 is 27.0 Å². The molecule has 0 saturated carbocycles. The second kappa shape index (κ2) is 5.29. The highest BCUT2D eigenvalue weighted by Crippen LogP contribution is 2.10. The third-order valence-corrected chi connectivity index (χ3v) is 3.18. The molecule has 0 aliphatic heterocycles. The smallest absolute Gasteiger partial charge is 0.251 e. The minimum atomic E-state index is -3.57. The summed E-state index contributed by atoms with van der Waals surface area (Å²) in [4.78, 5) is 20.0. The number of aromatic nitrogens is 2. The average Bonchev–Trinajstić information content (AvgIpc) is 2.36. The van der Waals surface area contributed by atoms with Crippen molar-refractivity contribution in [3.63, 3.8) is 0 Å². The molecule has 0 unspecified atom stereocenters. The Labute approximate surface area is 109 Å². The third-order valence-electron chi connectivity index (χ3n) is 2.40. The van der Waals surface area contributed by atoms with Gasteiger partial charge in [-0.15, -0.1) is 0 Å². The Balaban J connectivity index is 2.09. The normalized spacial score (nSPS) is 11.4. The molecule has 1 aromatic heterocycles. The van der Waals surface area contributed by atoms with Crippen LogP contribution in [-0.4, -0.2) is 36.6 Å². The first kappa shape index (κ1) is 13.4. The fourth-order valence-corrected chi connectivity index (χ4v) is 1.90. The number of hydrogen-bond donors (Lipinski definition) is 2. The van der Waals surface area contributed by atoms with E-state index in [1.54, 1.807) is 24.4 Å². The number of rotatable bonds is 4. The van der Waals surface area contributed by atoms with Crippen molar-refractivity contribution < 1.29 is 13.2 Å². The monoisotopic (exact) mass is 280 g/mol. The first-order chi connectivity index (χ1) is 8.96. The molecule has 8 heteroatoms. The topological polar surface area (TPSA) is 115 Å². The van der Waals surface area contributed by atoms with Crippen molar-refractivity contribution in [2.75, 3.05) is 12.3 Å². The van der Waals surface area contributed by atoms with E-state index in [0.717, 1.165) is 0 Å². The quantitative estimate of drug-likeness (QED) is 0.794. The summed E-state index contributed by atoms with van der Waals surface area (Å²) >= 11 is 0. The molecule has 3 N–H and O–H groups in total. The summed E-state index contributed by atoms with van der Waals surface area (Å²) in [6.07, 6.45) is 3.10. The fraction of sp³-hybridized carbons (Fsp3) is 0.182. The van der Waals surface area contributed by atoms with Gasteiger partial charge in [-0.1, -0.05) is 0 Å². The highest BCUT2D eigenvalue weighted by atomic mass is 32.2. The first-order valence-electron chi connectivity index (χ1n) is 5.45. The maximum absolute atomic E-state index is 11.8. The molecule has 1 amide bonds. The van der Waals surface area contributed by atoms with E-state index in [4.69, 9.17) is 5.14 Å². The lowest BCUT2D eigenvalue weighted by Crippen LogP contribution is -2.31. The van der Waals surface area contributed by atoms with Crippen LogP contribution in [0.4, 0.5) is 0 Å². The van der Waals surface area contributed by atoms with Crippen molar-refractivity contribution in [1.29, 1.82) is 0 Å². The van der Waals surface area contributed by atoms with Crippen molar-refractivity contribution in [2.45, 2.75) is 0 Å². The molecule has 0 saturated heterocycles. The van der Waals surface area contributed by atoms with Crippen LogP contribution < -0.4 is 10.5 Å². The molecular weight excluding hydrogens is 268 g/mol. The van der Waals surface area contributed by atoms with E-state index in [2.05, 4.69) is 15.3 Å². The van der Waals surface area contributed by atoms with Crippen molar-refractivity contribution in [2.24, 2.45) is 5.14 Å². The number of nitrogens with two attached hydrogens (primary N) is 1. The molecule has 0 atom stereocenters. The van der Waals surface area contributed by atoms with E-state index >= 15 is 0 Å². The Morgan fingerprint density at radius 3 is 2.58 bits per heavy atom. The maximum atomic E-state index is 11.8. The standard InChI is InChI=1S/C11H12N4O3S/c12-19(17,18)6-5-15-11(16)8-1-2-9-10(7-8)14-4-3-13-9/h1-4,7H,5-6H2,(H,15,16)(H2,12,17,18). The molecule has 0 aliphatic carbocycles. The summed E-state index contributed by atoms with van der Waals surface area (Å²) in [7, 11) is -3.57. The van der Waals surface area contributed by atoms with Crippen molar-refractivity contribution in [3.05, 3.63) is 36.2 Å². The Kier molecular flexibility index (Phi) is 3.72. The molecule has 1 aromatic carbocycles. The number of nitrogens with one attached hydrogen (secondary N) is 1. The molecule has 100 valence electrons. The number of fused-ring (bicyclic) bond motifs is 1. The summed E-state index contributed by atoms with van der Waals surface area (Å²) in [6, 6.07) is 4.87. The highest BCUT2D eigenvalue weighted by Gasteiger charge is 2.08. The van der Waals surface area contributed by atoms with E-state index in [0.29, 0.717) is 16.6 Å². The lowest BCUT2D eigenvalue weighted by atomic mass is 10.2. The molecule has 0 aliphatic rings. The van der Waals surface area contributed by atoms with E-state index in [9.17, 15) is 13.2 Å². The lowest BCUT2D eigenvalue weighted by molar-refractivity contribution is 0.0956. The zero-order chi connectivity index (χ0) is 13.9. The summed E-state index contributed by atoms with van der Waals surface area (Å²) < 4.78 is 21.5. The van der Waals surface area contributed by atoms with Gasteiger partial charge in [-0.3, -0.25) is 14.8 Å². The van der Waals surface area contributed by atoms with Crippen LogP contribution in [0, 0.1) is 0 Å². The number of nitrogens with zero attached hydrogens (tertiary/aromatic N) is 2. The van der Waals surface area contributed by atoms with Crippen LogP contribution in [0.25, 0.3) is 11.0 Å². The number of sulfonamides is 1. The van der Waals surface area contributed by atoms with E-state index in [1.165, 1.54) is 6.20 Å². The summed E-state index contributed by atoms with van der Waals surface area (Å²) in [5, 5.41) is 7.31. The lowest BCUT2D eigenvalue weighted by Gasteiger charge is -2.05. The van der Waals surface area contributed by atoms with Crippen LogP contribution in [0.15, 0.2) is 30.6 Å². The van der Waals surface area contributed by atoms with Gasteiger partial charge in [0.15, 0.2) is 0 Å². The zero-order valence-corrected chi connectivity index (χ0v) is 10.7. The van der Waals surface area contributed by atoms with Gasteiger partial charge < -0.3 is 5.32 Å². The first-order valence-corrected chi connectivity index (χ1v) is 7.17. The SMILES string of the molecule is NS(=O)(=O)CCNC(=O)c1ccc2nccnc2c1. The van der Waals surface area contributed by atoms with Gasteiger partial charge in [0.05, 0.1) is 16.8 Å². The van der Waals surface area contributed by atoms with Gasteiger partial charge in [-0.05, 0) is 18.2 Å². The van der Waals surface area contributed by atoms with Gasteiger partial charge in [-0.25, -0.2) is 13.6 Å². The molecule has 1 heterocycles. The third kappa shape index (κ3) is 3.70. The molecule has 0 bridgehead atoms. The van der Waals surface area contributed by atoms with Crippen LogP contribution in [-0.2, 0) is 10.0 Å². The molecule has 2 aromatic rings. The number of carbonyl (C=O) groups excluding carboxylic acids is 1. The van der Waals surface area contributed by atoms with Crippen molar-refractivity contribution in [3.8, 4) is 0 Å². The number of carbonyl (C=O) groups is 1. The van der Waals surface area contributed by atoms with Gasteiger partial charge >= 0.3 is 0 Å². The predicted molar refractivity (Wildman–Crippen MR) is 69.8 cm³/mol. The minimum Gasteiger partial charge on any atom is -0.351 e. The molecule has 0 spiro atoms. The van der Waals surface area contributed by atoms with E-state index in [1.807, 2.05) is 0 Å². The van der Waals surface area contributed by atoms with Gasteiger partial charge in [0.2, 0.25) is 10.0 Å². The van der Waals surface area contributed by atoms with Crippen molar-refractivity contribution in [1.82, 2.24) is 15.3 Å². The Bertz CT molecular complexity index is 715. The molecule has 2 rings (SSSR count). The number of primary sulfonamides is 1. The van der Waals surface area contributed by atoms with Crippen LogP contribution in [0.5, 0.6) is 0 Å². The van der Waals surface area contributed by atoms with Crippen LogP contribution in [0.2, 0.25) is 0 Å². The van der Waals surface area contributed by atoms with Crippen LogP contribution in [0.3, 0.4) is 0 Å². The highest BCUT2D eigenvalue weighted by molar-refractivity contribution is 7.89. The fourth-order valence-electron chi connectivity index (χ4n) is 1.51. The van der Waals surface area contributed by atoms with E-state index in [-0.39, 0.29) is 18.2 Å². The van der Waals surface area contributed by atoms with Gasteiger partial charge in [0.25, 0.3) is 5.91 Å². The summed E-state index contributed by atoms with van der Waals surface area (Å²) in [5.41, 5.74) is 1.67. The molecule has 19 heavy (non-hydrogen) atoms. The summed E-state index contributed by atoms with van der Waals surface area (Å²) in [6.45, 7) is -0.0316. The average molecular weight is 280 g/mol. The Morgan fingerprint density at radius 1 is 1.21 bits per heavy atom. The second-order valence-electron chi connectivity index (χ2n) is 3.88. The maximum Gasteiger partial charge on any atom is 0.251 e. The number of amides is 1. The molecule has 0 radical (unpaired) electrons. The minimum absolute atomic E-state index is 0.0316. The zero-order valence-electron chi connectivity index (χ0n) is 9.91. The van der Waals surface area contributed by atoms with Crippen LogP contribution >= 0.6 is 0 Å². The summed E-state index contributed by atoms with van der Waals surface area (Å²) in [5.74, 6) is -0.678. The predicted octanol–water partition coefficient (Wildman–Crippen LogP) is -0.352. The van der Waals surface area contributed by atoms with Gasteiger partial charge in [0.1, 0.15) is 0 Å². The largest absolute Gasteiger partial charge is 0.351 e. The molecule has 7 nitrogen and oxygen atoms in total. The molecular formula is C11H12N4O3S. The number of hydrogen-bond acceptors (Lipinski definition) is 5. The Hall–Kier alpha value is -2.06. The number of benzene rings is 1. The van der Waals surface area contributed by atoms with Crippen LogP contribution in [0.1, 0.15) is 10.4 Å². The van der Waals surface area contributed by atoms with E-state index < -0.39 is 10.0 Å². The van der Waals surface area contributed by atoms with Gasteiger partial charge in [-0.2, -0.15) is 0 Å². The molecule has 0 fully saturated rings. The van der Waals surface area contributed by atoms with Gasteiger partial charge in [0, 0.05) is 24.5 Å².